The molecule has 0 spiro atoms. The van der Waals surface area contributed by atoms with Gasteiger partial charge in [-0.3, -0.25) is 0 Å². The van der Waals surface area contributed by atoms with E-state index in [2.05, 4.69) is 5.32 Å². The second kappa shape index (κ2) is 7.05. The van der Waals surface area contributed by atoms with Crippen LogP contribution in [0.4, 0.5) is 4.79 Å². The highest BCUT2D eigenvalue weighted by atomic mass is 16.6. The van der Waals surface area contributed by atoms with E-state index in [9.17, 15) is 9.59 Å². The number of carbonyl (C=O) groups is 2. The van der Waals surface area contributed by atoms with E-state index in [0.29, 0.717) is 0 Å². The van der Waals surface area contributed by atoms with Crippen molar-refractivity contribution in [2.45, 2.75) is 32.4 Å². The van der Waals surface area contributed by atoms with Crippen molar-refractivity contribution < 1.29 is 24.2 Å². The molecule has 0 aliphatic carbocycles. The maximum atomic E-state index is 11.1. The summed E-state index contributed by atoms with van der Waals surface area (Å²) in [5.41, 5.74) is 0. The monoisotopic (exact) mass is 219 g/mol. The Labute approximate surface area is 88.6 Å². The molecular formula is C9H17NO5. The molecule has 88 valence electrons. The van der Waals surface area contributed by atoms with Gasteiger partial charge in [0.25, 0.3) is 0 Å². The van der Waals surface area contributed by atoms with Crippen molar-refractivity contribution in [1.29, 1.82) is 0 Å². The third kappa shape index (κ3) is 6.73. The molecule has 0 aromatic carbocycles. The number of hydrogen-bond acceptors (Lipinski definition) is 4. The minimum Gasteiger partial charge on any atom is -0.480 e. The van der Waals surface area contributed by atoms with Crippen LogP contribution in [-0.2, 0) is 14.3 Å². The summed E-state index contributed by atoms with van der Waals surface area (Å²) < 4.78 is 9.49. The molecule has 0 aromatic heterocycles. The van der Waals surface area contributed by atoms with Crippen molar-refractivity contribution in [1.82, 2.24) is 5.32 Å². The summed E-state index contributed by atoms with van der Waals surface area (Å²) in [6, 6.07) is -0.976. The molecule has 6 heteroatoms. The lowest BCUT2D eigenvalue weighted by Gasteiger charge is -2.15. The Morgan fingerprint density at radius 2 is 2.00 bits per heavy atom. The third-order valence-electron chi connectivity index (χ3n) is 1.54. The highest BCUT2D eigenvalue weighted by molar-refractivity contribution is 5.79. The highest BCUT2D eigenvalue weighted by Gasteiger charge is 2.20. The Hall–Kier alpha value is -1.30. The Balaban J connectivity index is 4.04. The molecule has 0 fully saturated rings. The molecule has 1 atom stereocenters. The van der Waals surface area contributed by atoms with E-state index in [4.69, 9.17) is 14.6 Å². The molecule has 6 nitrogen and oxygen atoms in total. The zero-order valence-electron chi connectivity index (χ0n) is 9.15. The number of carboxylic acid groups (broad SMARTS) is 1. The average Bonchev–Trinajstić information content (AvgIpc) is 2.10. The van der Waals surface area contributed by atoms with Crippen LogP contribution < -0.4 is 5.32 Å². The van der Waals surface area contributed by atoms with E-state index in [-0.39, 0.29) is 19.1 Å². The number of carbonyl (C=O) groups excluding carboxylic acids is 1. The van der Waals surface area contributed by atoms with Crippen molar-refractivity contribution in [2.24, 2.45) is 0 Å². The van der Waals surface area contributed by atoms with E-state index in [0.717, 1.165) is 0 Å². The predicted octanol–water partition coefficient (Wildman–Crippen LogP) is 0.611. The van der Waals surface area contributed by atoms with Crippen LogP contribution in [0.1, 0.15) is 20.3 Å². The van der Waals surface area contributed by atoms with Gasteiger partial charge in [0.2, 0.25) is 0 Å². The molecule has 0 radical (unpaired) electrons. The SMILES string of the molecule is COCCC(NC(=O)OC(C)C)C(=O)O. The van der Waals surface area contributed by atoms with Gasteiger partial charge in [0.1, 0.15) is 6.04 Å². The van der Waals surface area contributed by atoms with Crippen LogP contribution in [0.25, 0.3) is 0 Å². The van der Waals surface area contributed by atoms with Gasteiger partial charge in [0.05, 0.1) is 6.10 Å². The normalized spacial score (nSPS) is 12.3. The Morgan fingerprint density at radius 3 is 2.40 bits per heavy atom. The largest absolute Gasteiger partial charge is 0.480 e. The van der Waals surface area contributed by atoms with Crippen LogP contribution in [0, 0.1) is 0 Å². The molecule has 0 bridgehead atoms. The number of ether oxygens (including phenoxy) is 2. The number of nitrogens with one attached hydrogen (secondary N) is 1. The highest BCUT2D eigenvalue weighted by Crippen LogP contribution is 1.96. The number of amides is 1. The second-order valence-electron chi connectivity index (χ2n) is 3.27. The van der Waals surface area contributed by atoms with Crippen LogP contribution in [0.3, 0.4) is 0 Å². The molecule has 15 heavy (non-hydrogen) atoms. The van der Waals surface area contributed by atoms with Crippen LogP contribution >= 0.6 is 0 Å². The molecule has 0 saturated heterocycles. The second-order valence-corrected chi connectivity index (χ2v) is 3.27. The maximum absolute atomic E-state index is 11.1. The van der Waals surface area contributed by atoms with Crippen molar-refractivity contribution in [3.8, 4) is 0 Å². The Morgan fingerprint density at radius 1 is 1.40 bits per heavy atom. The minimum atomic E-state index is -1.10. The van der Waals surface area contributed by atoms with Gasteiger partial charge in [-0.25, -0.2) is 9.59 Å². The maximum Gasteiger partial charge on any atom is 0.408 e. The van der Waals surface area contributed by atoms with Crippen LogP contribution in [0.15, 0.2) is 0 Å². The summed E-state index contributed by atoms with van der Waals surface area (Å²) in [7, 11) is 1.46. The first-order chi connectivity index (χ1) is 6.97. The van der Waals surface area contributed by atoms with Crippen molar-refractivity contribution in [3.63, 3.8) is 0 Å². The third-order valence-corrected chi connectivity index (χ3v) is 1.54. The topological polar surface area (TPSA) is 84.9 Å². The first-order valence-corrected chi connectivity index (χ1v) is 4.66. The predicted molar refractivity (Wildman–Crippen MR) is 52.7 cm³/mol. The van der Waals surface area contributed by atoms with Gasteiger partial charge >= 0.3 is 12.1 Å². The fourth-order valence-electron chi connectivity index (χ4n) is 0.883. The van der Waals surface area contributed by atoms with Gasteiger partial charge in [0, 0.05) is 20.1 Å². The molecular weight excluding hydrogens is 202 g/mol. The zero-order valence-corrected chi connectivity index (χ0v) is 9.15. The first kappa shape index (κ1) is 13.7. The molecule has 2 N–H and O–H groups in total. The van der Waals surface area contributed by atoms with E-state index < -0.39 is 18.1 Å². The number of methoxy groups -OCH3 is 1. The van der Waals surface area contributed by atoms with Crippen LogP contribution in [0.5, 0.6) is 0 Å². The van der Waals surface area contributed by atoms with Crippen molar-refractivity contribution in [2.75, 3.05) is 13.7 Å². The number of rotatable bonds is 6. The van der Waals surface area contributed by atoms with Crippen LogP contribution in [-0.4, -0.2) is 43.0 Å². The molecule has 0 saturated carbocycles. The van der Waals surface area contributed by atoms with Gasteiger partial charge < -0.3 is 19.9 Å². The smallest absolute Gasteiger partial charge is 0.408 e. The molecule has 1 unspecified atom stereocenters. The van der Waals surface area contributed by atoms with Gasteiger partial charge in [-0.15, -0.1) is 0 Å². The minimum absolute atomic E-state index is 0.207. The van der Waals surface area contributed by atoms with E-state index in [1.54, 1.807) is 13.8 Å². The fourth-order valence-corrected chi connectivity index (χ4v) is 0.883. The Kier molecular flexibility index (Phi) is 6.44. The number of carboxylic acids is 1. The van der Waals surface area contributed by atoms with E-state index in [1.807, 2.05) is 0 Å². The number of aliphatic carboxylic acids is 1. The number of hydrogen-bond donors (Lipinski definition) is 2. The molecule has 1 amide bonds. The summed E-state index contributed by atoms with van der Waals surface area (Å²) >= 11 is 0. The van der Waals surface area contributed by atoms with Gasteiger partial charge in [-0.1, -0.05) is 0 Å². The number of alkyl carbamates (subject to hydrolysis) is 1. The Bertz CT molecular complexity index is 217. The van der Waals surface area contributed by atoms with Crippen LogP contribution in [0.2, 0.25) is 0 Å². The standard InChI is InChI=1S/C9H17NO5/c1-6(2)15-9(13)10-7(8(11)12)4-5-14-3/h6-7H,4-5H2,1-3H3,(H,10,13)(H,11,12). The van der Waals surface area contributed by atoms with E-state index >= 15 is 0 Å². The summed E-state index contributed by atoms with van der Waals surface area (Å²) in [6.07, 6.45) is -0.797. The molecule has 0 heterocycles. The quantitative estimate of drug-likeness (QED) is 0.683. The van der Waals surface area contributed by atoms with E-state index in [1.165, 1.54) is 7.11 Å². The molecule has 0 aromatic rings. The van der Waals surface area contributed by atoms with Gasteiger partial charge in [-0.2, -0.15) is 0 Å². The van der Waals surface area contributed by atoms with Crippen molar-refractivity contribution in [3.05, 3.63) is 0 Å². The summed E-state index contributed by atoms with van der Waals surface area (Å²) in [5.74, 6) is -1.10. The van der Waals surface area contributed by atoms with Gasteiger partial charge in [0.15, 0.2) is 0 Å². The fraction of sp³-hybridized carbons (Fsp3) is 0.778. The average molecular weight is 219 g/mol. The molecule has 0 aliphatic rings. The van der Waals surface area contributed by atoms with Crippen molar-refractivity contribution >= 4 is 12.1 Å². The van der Waals surface area contributed by atoms with Gasteiger partial charge in [-0.05, 0) is 13.8 Å². The lowest BCUT2D eigenvalue weighted by Crippen LogP contribution is -2.42. The molecule has 0 rings (SSSR count). The lowest BCUT2D eigenvalue weighted by atomic mass is 10.2. The lowest BCUT2D eigenvalue weighted by molar-refractivity contribution is -0.139. The molecule has 0 aliphatic heterocycles. The summed E-state index contributed by atoms with van der Waals surface area (Å²) in [4.78, 5) is 21.8. The summed E-state index contributed by atoms with van der Waals surface area (Å²) in [5, 5.41) is 11.0. The zero-order chi connectivity index (χ0) is 11.8. The first-order valence-electron chi connectivity index (χ1n) is 4.66. The summed E-state index contributed by atoms with van der Waals surface area (Å²) in [6.45, 7) is 3.63.